The average Bonchev–Trinajstić information content (AvgIpc) is 3.13. The lowest BCUT2D eigenvalue weighted by Gasteiger charge is -2.29. The van der Waals surface area contributed by atoms with Crippen molar-refractivity contribution in [1.82, 2.24) is 14.7 Å². The molecule has 1 aromatic heterocycles. The fourth-order valence-corrected chi connectivity index (χ4v) is 6.27. The van der Waals surface area contributed by atoms with Crippen LogP contribution in [-0.4, -0.2) is 47.2 Å². The molecule has 1 aliphatic heterocycles. The molecule has 1 aromatic carbocycles. The lowest BCUT2D eigenvalue weighted by molar-refractivity contribution is 0.138. The van der Waals surface area contributed by atoms with Crippen LogP contribution in [0.2, 0.25) is 5.02 Å². The molecule has 0 radical (unpaired) electrons. The van der Waals surface area contributed by atoms with Gasteiger partial charge in [-0.1, -0.05) is 42.9 Å². The van der Waals surface area contributed by atoms with E-state index in [2.05, 4.69) is 29.2 Å². The standard InChI is InChI=1S/C18H25ClN4O2S3/c1-12(2)9-22(14-7-8-28(24,25)10-14)11-23-18(26)27-17(21-23)20-16-6-4-5-15(19)13(16)3/h4-6,12,14H,7-11H2,1-3H3,(H,20,21)/t14-/m1/s1. The summed E-state index contributed by atoms with van der Waals surface area (Å²) in [6.07, 6.45) is 0.666. The molecule has 1 aliphatic rings. The molecule has 1 N–H and O–H groups in total. The van der Waals surface area contributed by atoms with Crippen LogP contribution in [0.1, 0.15) is 25.8 Å². The second kappa shape index (κ2) is 8.79. The van der Waals surface area contributed by atoms with Crippen molar-refractivity contribution in [2.24, 2.45) is 5.92 Å². The molecule has 0 amide bonds. The molecule has 28 heavy (non-hydrogen) atoms. The number of halogens is 1. The predicted molar refractivity (Wildman–Crippen MR) is 119 cm³/mol. The third kappa shape index (κ3) is 5.33. The number of benzene rings is 1. The largest absolute Gasteiger partial charge is 0.330 e. The van der Waals surface area contributed by atoms with Crippen molar-refractivity contribution in [2.45, 2.75) is 39.9 Å². The zero-order chi connectivity index (χ0) is 20.5. The molecule has 0 spiro atoms. The highest BCUT2D eigenvalue weighted by atomic mass is 35.5. The second-order valence-corrected chi connectivity index (χ2v) is 11.8. The monoisotopic (exact) mass is 460 g/mol. The molecule has 10 heteroatoms. The summed E-state index contributed by atoms with van der Waals surface area (Å²) in [5, 5.41) is 9.29. The van der Waals surface area contributed by atoms with E-state index in [-0.39, 0.29) is 17.5 Å². The molecular formula is C18H25ClN4O2S3. The number of anilines is 2. The maximum Gasteiger partial charge on any atom is 0.209 e. The number of nitrogens with zero attached hydrogens (tertiary/aromatic N) is 3. The minimum atomic E-state index is -2.94. The fraction of sp³-hybridized carbons (Fsp3) is 0.556. The SMILES string of the molecule is Cc1c(Cl)cccc1Nc1nn(CN(CC(C)C)[C@@H]2CCS(=O)(=O)C2)c(=S)s1. The van der Waals surface area contributed by atoms with Gasteiger partial charge in [-0.3, -0.25) is 4.90 Å². The van der Waals surface area contributed by atoms with Crippen LogP contribution in [0.3, 0.4) is 0 Å². The van der Waals surface area contributed by atoms with Crippen molar-refractivity contribution in [3.8, 4) is 0 Å². The van der Waals surface area contributed by atoms with Gasteiger partial charge in [0.1, 0.15) is 0 Å². The fourth-order valence-electron chi connectivity index (χ4n) is 3.33. The summed E-state index contributed by atoms with van der Waals surface area (Å²) in [7, 11) is -2.94. The van der Waals surface area contributed by atoms with Crippen LogP contribution in [-0.2, 0) is 16.5 Å². The minimum Gasteiger partial charge on any atom is -0.330 e. The number of rotatable bonds is 7. The van der Waals surface area contributed by atoms with Crippen LogP contribution in [0.25, 0.3) is 0 Å². The Hall–Kier alpha value is -1.00. The molecular weight excluding hydrogens is 436 g/mol. The van der Waals surface area contributed by atoms with Crippen LogP contribution in [0.15, 0.2) is 18.2 Å². The molecule has 2 aromatic rings. The van der Waals surface area contributed by atoms with Crippen LogP contribution < -0.4 is 5.32 Å². The van der Waals surface area contributed by atoms with E-state index in [1.165, 1.54) is 11.3 Å². The van der Waals surface area contributed by atoms with Crippen LogP contribution >= 0.6 is 35.2 Å². The van der Waals surface area contributed by atoms with E-state index >= 15 is 0 Å². The van der Waals surface area contributed by atoms with E-state index < -0.39 is 9.84 Å². The third-order valence-corrected chi connectivity index (χ3v) is 8.14. The van der Waals surface area contributed by atoms with E-state index in [1.807, 2.05) is 25.1 Å². The van der Waals surface area contributed by atoms with E-state index in [0.29, 0.717) is 33.1 Å². The molecule has 0 unspecified atom stereocenters. The number of hydrogen-bond donors (Lipinski definition) is 1. The maximum atomic E-state index is 11.9. The molecule has 0 saturated carbocycles. The molecule has 2 heterocycles. The Kier molecular flexibility index (Phi) is 6.81. The van der Waals surface area contributed by atoms with Gasteiger partial charge in [-0.2, -0.15) is 0 Å². The van der Waals surface area contributed by atoms with Gasteiger partial charge >= 0.3 is 0 Å². The molecule has 1 atom stereocenters. The Morgan fingerprint density at radius 3 is 2.86 bits per heavy atom. The number of sulfone groups is 1. The van der Waals surface area contributed by atoms with Gasteiger partial charge in [0.15, 0.2) is 13.8 Å². The van der Waals surface area contributed by atoms with Crippen molar-refractivity contribution in [1.29, 1.82) is 0 Å². The third-order valence-electron chi connectivity index (χ3n) is 4.76. The van der Waals surface area contributed by atoms with E-state index in [1.54, 1.807) is 4.68 Å². The van der Waals surface area contributed by atoms with Crippen LogP contribution in [0, 0.1) is 16.8 Å². The van der Waals surface area contributed by atoms with Gasteiger partial charge in [-0.05, 0) is 49.2 Å². The average molecular weight is 461 g/mol. The Labute approximate surface area is 180 Å². The van der Waals surface area contributed by atoms with Gasteiger partial charge in [-0.15, -0.1) is 5.10 Å². The number of aromatic nitrogens is 2. The molecule has 0 aliphatic carbocycles. The van der Waals surface area contributed by atoms with Gasteiger partial charge in [0.25, 0.3) is 0 Å². The minimum absolute atomic E-state index is 0.0163. The highest BCUT2D eigenvalue weighted by Crippen LogP contribution is 2.28. The maximum absolute atomic E-state index is 11.9. The zero-order valence-corrected chi connectivity index (χ0v) is 19.4. The van der Waals surface area contributed by atoms with Gasteiger partial charge in [-0.25, -0.2) is 13.1 Å². The molecule has 1 saturated heterocycles. The van der Waals surface area contributed by atoms with Gasteiger partial charge < -0.3 is 5.32 Å². The summed E-state index contributed by atoms with van der Waals surface area (Å²) in [4.78, 5) is 2.19. The van der Waals surface area contributed by atoms with Gasteiger partial charge in [0.05, 0.1) is 18.2 Å². The normalized spacial score (nSPS) is 18.9. The molecule has 154 valence electrons. The first-order valence-corrected chi connectivity index (χ1v) is 12.6. The predicted octanol–water partition coefficient (Wildman–Crippen LogP) is 4.48. The highest BCUT2D eigenvalue weighted by Gasteiger charge is 2.32. The summed E-state index contributed by atoms with van der Waals surface area (Å²) >= 11 is 13.1. The van der Waals surface area contributed by atoms with E-state index in [9.17, 15) is 8.42 Å². The van der Waals surface area contributed by atoms with Crippen LogP contribution in [0.4, 0.5) is 10.8 Å². The highest BCUT2D eigenvalue weighted by molar-refractivity contribution is 7.91. The summed E-state index contributed by atoms with van der Waals surface area (Å²) in [6.45, 7) is 7.50. The Morgan fingerprint density at radius 2 is 2.21 bits per heavy atom. The molecule has 0 bridgehead atoms. The molecule has 3 rings (SSSR count). The van der Waals surface area contributed by atoms with Gasteiger partial charge in [0, 0.05) is 23.3 Å². The summed E-state index contributed by atoms with van der Waals surface area (Å²) in [5.74, 6) is 0.891. The summed E-state index contributed by atoms with van der Waals surface area (Å²) in [6, 6.07) is 5.70. The Balaban J connectivity index is 1.79. The smallest absolute Gasteiger partial charge is 0.209 e. The first-order valence-electron chi connectivity index (χ1n) is 9.19. The quantitative estimate of drug-likeness (QED) is 0.614. The first-order chi connectivity index (χ1) is 13.1. The van der Waals surface area contributed by atoms with Gasteiger partial charge in [0.2, 0.25) is 5.13 Å². The second-order valence-electron chi connectivity index (χ2n) is 7.57. The zero-order valence-electron chi connectivity index (χ0n) is 16.2. The van der Waals surface area contributed by atoms with Crippen molar-refractivity contribution < 1.29 is 8.42 Å². The Bertz CT molecular complexity index is 1000. The molecule has 6 nitrogen and oxygen atoms in total. The van der Waals surface area contributed by atoms with E-state index in [0.717, 1.165) is 17.8 Å². The number of hydrogen-bond acceptors (Lipinski definition) is 7. The van der Waals surface area contributed by atoms with Crippen molar-refractivity contribution >= 4 is 55.8 Å². The molecule has 1 fully saturated rings. The summed E-state index contributed by atoms with van der Waals surface area (Å²) < 4.78 is 26.3. The van der Waals surface area contributed by atoms with Crippen LogP contribution in [0.5, 0.6) is 0 Å². The topological polar surface area (TPSA) is 67.2 Å². The lowest BCUT2D eigenvalue weighted by atomic mass is 10.1. The summed E-state index contributed by atoms with van der Waals surface area (Å²) in [5.41, 5.74) is 1.85. The van der Waals surface area contributed by atoms with Crippen molar-refractivity contribution in [2.75, 3.05) is 23.4 Å². The van der Waals surface area contributed by atoms with E-state index in [4.69, 9.17) is 23.8 Å². The lowest BCUT2D eigenvalue weighted by Crippen LogP contribution is -2.40. The van der Waals surface area contributed by atoms with Crippen molar-refractivity contribution in [3.05, 3.63) is 32.7 Å². The first kappa shape index (κ1) is 21.7. The number of nitrogens with one attached hydrogen (secondary N) is 1. The van der Waals surface area contributed by atoms with Crippen molar-refractivity contribution in [3.63, 3.8) is 0 Å². The Morgan fingerprint density at radius 1 is 1.46 bits per heavy atom.